The predicted molar refractivity (Wildman–Crippen MR) is 88.7 cm³/mol. The van der Waals surface area contributed by atoms with Crippen LogP contribution in [0.15, 0.2) is 42.5 Å². The number of aryl methyl sites for hydroxylation is 1. The number of likely N-dealkylation sites (tertiary alicyclic amines) is 1. The second-order valence-corrected chi connectivity index (χ2v) is 5.93. The molecule has 0 saturated carbocycles. The van der Waals surface area contributed by atoms with Crippen molar-refractivity contribution in [2.45, 2.75) is 19.8 Å². The Morgan fingerprint density at radius 2 is 1.78 bits per heavy atom. The van der Waals surface area contributed by atoms with Gasteiger partial charge in [0.1, 0.15) is 0 Å². The number of nitrogens with zero attached hydrogens (tertiary/aromatic N) is 1. The van der Waals surface area contributed by atoms with Crippen molar-refractivity contribution < 1.29 is 14.7 Å². The number of carbonyl (C=O) groups excluding carboxylic acids is 1. The molecular weight excluding hydrogens is 290 g/mol. The molecule has 1 aliphatic rings. The van der Waals surface area contributed by atoms with E-state index in [9.17, 15) is 14.7 Å². The summed E-state index contributed by atoms with van der Waals surface area (Å²) in [6.07, 6.45) is 2.10. The third-order valence-corrected chi connectivity index (χ3v) is 4.22. The summed E-state index contributed by atoms with van der Waals surface area (Å²) in [5.74, 6) is -0.937. The number of benzene rings is 2. The van der Waals surface area contributed by atoms with Crippen molar-refractivity contribution in [3.05, 3.63) is 59.2 Å². The summed E-state index contributed by atoms with van der Waals surface area (Å²) in [6.45, 7) is 3.46. The van der Waals surface area contributed by atoms with Crippen LogP contribution < -0.4 is 0 Å². The maximum absolute atomic E-state index is 12.5. The highest BCUT2D eigenvalue weighted by molar-refractivity contribution is 5.99. The Bertz CT molecular complexity index is 761. The normalized spacial score (nSPS) is 14.0. The summed E-state index contributed by atoms with van der Waals surface area (Å²) in [6, 6.07) is 12.6. The Morgan fingerprint density at radius 1 is 1.04 bits per heavy atom. The van der Waals surface area contributed by atoms with E-state index in [1.165, 1.54) is 0 Å². The molecule has 4 heteroatoms. The molecule has 0 bridgehead atoms. The molecule has 1 amide bonds. The molecule has 0 unspecified atom stereocenters. The molecule has 0 spiro atoms. The second-order valence-electron chi connectivity index (χ2n) is 5.93. The van der Waals surface area contributed by atoms with Crippen molar-refractivity contribution in [1.29, 1.82) is 0 Å². The van der Waals surface area contributed by atoms with Crippen molar-refractivity contribution >= 4 is 11.9 Å². The molecule has 1 saturated heterocycles. The van der Waals surface area contributed by atoms with Gasteiger partial charge in [0, 0.05) is 18.7 Å². The van der Waals surface area contributed by atoms with Crippen LogP contribution in [0.1, 0.15) is 39.1 Å². The second kappa shape index (κ2) is 6.24. The number of hydrogen-bond donors (Lipinski definition) is 1. The highest BCUT2D eigenvalue weighted by Gasteiger charge is 2.20. The average molecular weight is 309 g/mol. The molecule has 0 aliphatic carbocycles. The lowest BCUT2D eigenvalue weighted by Crippen LogP contribution is -2.27. The number of carboxylic acid groups (broad SMARTS) is 1. The van der Waals surface area contributed by atoms with Gasteiger partial charge < -0.3 is 10.0 Å². The lowest BCUT2D eigenvalue weighted by molar-refractivity contribution is 0.0697. The van der Waals surface area contributed by atoms with Crippen LogP contribution in [0.2, 0.25) is 0 Å². The third-order valence-electron chi connectivity index (χ3n) is 4.22. The zero-order valence-corrected chi connectivity index (χ0v) is 13.1. The summed E-state index contributed by atoms with van der Waals surface area (Å²) in [5, 5.41) is 9.43. The zero-order chi connectivity index (χ0) is 16.4. The molecule has 1 N–H and O–H groups in total. The Balaban J connectivity index is 2.00. The van der Waals surface area contributed by atoms with Crippen LogP contribution in [0.5, 0.6) is 0 Å². The van der Waals surface area contributed by atoms with Gasteiger partial charge in [0.25, 0.3) is 5.91 Å². The fourth-order valence-electron chi connectivity index (χ4n) is 3.01. The van der Waals surface area contributed by atoms with Gasteiger partial charge in [0.2, 0.25) is 0 Å². The molecule has 1 fully saturated rings. The molecule has 0 radical (unpaired) electrons. The molecule has 23 heavy (non-hydrogen) atoms. The average Bonchev–Trinajstić information content (AvgIpc) is 3.08. The zero-order valence-electron chi connectivity index (χ0n) is 13.1. The van der Waals surface area contributed by atoms with Crippen LogP contribution in [0.25, 0.3) is 11.1 Å². The van der Waals surface area contributed by atoms with Crippen molar-refractivity contribution in [3.8, 4) is 11.1 Å². The van der Waals surface area contributed by atoms with Gasteiger partial charge in [-0.1, -0.05) is 29.8 Å². The van der Waals surface area contributed by atoms with E-state index in [-0.39, 0.29) is 11.5 Å². The minimum absolute atomic E-state index is 0.0216. The van der Waals surface area contributed by atoms with Crippen LogP contribution in [0.3, 0.4) is 0 Å². The highest BCUT2D eigenvalue weighted by Crippen LogP contribution is 2.26. The standard InChI is InChI=1S/C19H19NO3/c1-13-7-8-16(17(11-13)19(22)23)14-5-4-6-15(12-14)18(21)20-9-2-3-10-20/h4-8,11-12H,2-3,9-10H2,1H3,(H,22,23). The molecule has 0 aromatic heterocycles. The minimum Gasteiger partial charge on any atom is -0.478 e. The lowest BCUT2D eigenvalue weighted by Gasteiger charge is -2.16. The van der Waals surface area contributed by atoms with Gasteiger partial charge in [0.05, 0.1) is 5.56 Å². The molecule has 2 aromatic rings. The van der Waals surface area contributed by atoms with Gasteiger partial charge in [-0.15, -0.1) is 0 Å². The predicted octanol–water partition coefficient (Wildman–Crippen LogP) is 3.60. The lowest BCUT2D eigenvalue weighted by atomic mass is 9.96. The van der Waals surface area contributed by atoms with Gasteiger partial charge >= 0.3 is 5.97 Å². The first-order valence-electron chi connectivity index (χ1n) is 7.80. The van der Waals surface area contributed by atoms with Crippen molar-refractivity contribution in [2.24, 2.45) is 0 Å². The summed E-state index contributed by atoms with van der Waals surface area (Å²) in [4.78, 5) is 25.9. The first kappa shape index (κ1) is 15.3. The van der Waals surface area contributed by atoms with Gasteiger partial charge in [0.15, 0.2) is 0 Å². The SMILES string of the molecule is Cc1ccc(-c2cccc(C(=O)N3CCCC3)c2)c(C(=O)O)c1. The molecule has 1 heterocycles. The first-order valence-corrected chi connectivity index (χ1v) is 7.80. The summed E-state index contributed by atoms with van der Waals surface area (Å²) in [5.41, 5.74) is 3.17. The van der Waals surface area contributed by atoms with E-state index in [2.05, 4.69) is 0 Å². The van der Waals surface area contributed by atoms with E-state index in [0.717, 1.165) is 37.1 Å². The van der Waals surface area contributed by atoms with Crippen LogP contribution in [-0.4, -0.2) is 35.0 Å². The van der Waals surface area contributed by atoms with Crippen molar-refractivity contribution in [2.75, 3.05) is 13.1 Å². The van der Waals surface area contributed by atoms with Gasteiger partial charge in [-0.2, -0.15) is 0 Å². The Hall–Kier alpha value is -2.62. The molecule has 2 aromatic carbocycles. The third kappa shape index (κ3) is 3.11. The monoisotopic (exact) mass is 309 g/mol. The van der Waals surface area contributed by atoms with Gasteiger partial charge in [-0.05, 0) is 49.1 Å². The minimum atomic E-state index is -0.958. The van der Waals surface area contributed by atoms with Gasteiger partial charge in [-0.25, -0.2) is 4.79 Å². The van der Waals surface area contributed by atoms with Crippen molar-refractivity contribution in [1.82, 2.24) is 4.90 Å². The molecule has 1 aliphatic heterocycles. The van der Waals surface area contributed by atoms with Crippen LogP contribution in [0.4, 0.5) is 0 Å². The first-order chi connectivity index (χ1) is 11.1. The number of hydrogen-bond acceptors (Lipinski definition) is 2. The quantitative estimate of drug-likeness (QED) is 0.942. The fourth-order valence-corrected chi connectivity index (χ4v) is 3.01. The maximum atomic E-state index is 12.5. The van der Waals surface area contributed by atoms with E-state index in [4.69, 9.17) is 0 Å². The molecule has 0 atom stereocenters. The smallest absolute Gasteiger partial charge is 0.336 e. The Morgan fingerprint density at radius 3 is 2.48 bits per heavy atom. The molecule has 3 rings (SSSR count). The molecule has 4 nitrogen and oxygen atoms in total. The topological polar surface area (TPSA) is 57.6 Å². The summed E-state index contributed by atoms with van der Waals surface area (Å²) >= 11 is 0. The van der Waals surface area contributed by atoms with Crippen molar-refractivity contribution in [3.63, 3.8) is 0 Å². The molecule has 118 valence electrons. The highest BCUT2D eigenvalue weighted by atomic mass is 16.4. The molecular formula is C19H19NO3. The van der Waals surface area contributed by atoms with Crippen LogP contribution in [0, 0.1) is 6.92 Å². The number of amides is 1. The van der Waals surface area contributed by atoms with E-state index in [1.54, 1.807) is 24.3 Å². The number of carboxylic acids is 1. The summed E-state index contributed by atoms with van der Waals surface area (Å²) in [7, 11) is 0. The fraction of sp³-hybridized carbons (Fsp3) is 0.263. The number of aromatic carboxylic acids is 1. The largest absolute Gasteiger partial charge is 0.478 e. The van der Waals surface area contributed by atoms with E-state index < -0.39 is 5.97 Å². The maximum Gasteiger partial charge on any atom is 0.336 e. The van der Waals surface area contributed by atoms with Gasteiger partial charge in [-0.3, -0.25) is 4.79 Å². The summed E-state index contributed by atoms with van der Waals surface area (Å²) < 4.78 is 0. The number of rotatable bonds is 3. The van der Waals surface area contributed by atoms with E-state index in [1.807, 2.05) is 30.0 Å². The Labute approximate surface area is 135 Å². The van der Waals surface area contributed by atoms with E-state index >= 15 is 0 Å². The van der Waals surface area contributed by atoms with E-state index in [0.29, 0.717) is 11.1 Å². The Kier molecular flexibility index (Phi) is 4.15. The van der Waals surface area contributed by atoms with Crippen LogP contribution >= 0.6 is 0 Å². The van der Waals surface area contributed by atoms with Crippen LogP contribution in [-0.2, 0) is 0 Å². The number of carbonyl (C=O) groups is 2.